The van der Waals surface area contributed by atoms with Crippen LogP contribution in [-0.2, 0) is 24.1 Å². The van der Waals surface area contributed by atoms with Crippen molar-refractivity contribution in [1.82, 2.24) is 14.9 Å². The van der Waals surface area contributed by atoms with Gasteiger partial charge in [0.05, 0.1) is 12.7 Å². The van der Waals surface area contributed by atoms with Gasteiger partial charge >= 0.3 is 0 Å². The summed E-state index contributed by atoms with van der Waals surface area (Å²) in [6.07, 6.45) is 5.13. The maximum absolute atomic E-state index is 7.37. The summed E-state index contributed by atoms with van der Waals surface area (Å²) in [4.78, 5) is 14.8. The lowest BCUT2D eigenvalue weighted by molar-refractivity contribution is 0.192. The van der Waals surface area contributed by atoms with Gasteiger partial charge in [0.2, 0.25) is 0 Å². The number of aromatic nitrogens is 2. The molecule has 0 unspecified atom stereocenters. The average Bonchev–Trinajstić information content (AvgIpc) is 3.16. The van der Waals surface area contributed by atoms with Crippen LogP contribution in [0.4, 0.5) is 11.6 Å². The molecule has 0 atom stereocenters. The van der Waals surface area contributed by atoms with E-state index < -0.39 is 8.32 Å². The minimum Gasteiger partial charge on any atom is -0.497 e. The minimum absolute atomic E-state index is 0.0711. The summed E-state index contributed by atoms with van der Waals surface area (Å²) < 4.78 is 12.8. The average molecular weight is 700 g/mol. The fraction of sp³-hybridized carbons (Fsp3) is 0.349. The molecule has 1 aromatic heterocycles. The molecule has 0 saturated heterocycles. The standard InChI is InChI=1S/C43H53N5O2Si/c1-43(2,3)51(38-19-11-6-12-20-38,39-21-13-7-14-22-39)50-30-29-47-27-15-8-16-28-48(32-36-17-9-5-10-18-36)42-40(33-47)41(45-34-46-42)44-31-35-23-25-37(49-4)26-24-35/h5-7,9-14,17-26,34H,8,15-16,27-33H2,1-4H3,(H,44,45,46). The minimum atomic E-state index is -2.65. The van der Waals surface area contributed by atoms with Gasteiger partial charge < -0.3 is 19.4 Å². The van der Waals surface area contributed by atoms with Gasteiger partial charge in [-0.25, -0.2) is 9.97 Å². The number of hydrogen-bond acceptors (Lipinski definition) is 7. The number of rotatable bonds is 12. The fourth-order valence-corrected chi connectivity index (χ4v) is 11.9. The molecule has 1 N–H and O–H groups in total. The first-order valence-corrected chi connectivity index (χ1v) is 20.2. The predicted molar refractivity (Wildman–Crippen MR) is 213 cm³/mol. The maximum atomic E-state index is 7.37. The van der Waals surface area contributed by atoms with Crippen LogP contribution < -0.4 is 25.3 Å². The molecular formula is C43H53N5O2Si. The highest BCUT2D eigenvalue weighted by molar-refractivity contribution is 6.99. The number of nitrogens with zero attached hydrogens (tertiary/aromatic N) is 4. The zero-order valence-corrected chi connectivity index (χ0v) is 31.7. The van der Waals surface area contributed by atoms with Crippen molar-refractivity contribution in [2.45, 2.75) is 64.7 Å². The molecule has 7 nitrogen and oxygen atoms in total. The largest absolute Gasteiger partial charge is 0.497 e. The van der Waals surface area contributed by atoms with Crippen molar-refractivity contribution >= 4 is 30.3 Å². The first kappa shape index (κ1) is 36.3. The van der Waals surface area contributed by atoms with Crippen LogP contribution >= 0.6 is 0 Å². The smallest absolute Gasteiger partial charge is 0.261 e. The normalized spacial score (nSPS) is 14.5. The Morgan fingerprint density at radius 1 is 0.725 bits per heavy atom. The molecule has 5 aromatic rings. The van der Waals surface area contributed by atoms with Crippen LogP contribution in [0.25, 0.3) is 0 Å². The number of benzene rings is 4. The molecule has 6 rings (SSSR count). The second-order valence-electron chi connectivity index (χ2n) is 14.5. The van der Waals surface area contributed by atoms with E-state index >= 15 is 0 Å². The molecule has 0 bridgehead atoms. The topological polar surface area (TPSA) is 62.8 Å². The highest BCUT2D eigenvalue weighted by atomic mass is 28.4. The molecule has 2 heterocycles. The van der Waals surface area contributed by atoms with Crippen LogP contribution in [0.1, 0.15) is 56.7 Å². The van der Waals surface area contributed by atoms with Crippen LogP contribution in [0.3, 0.4) is 0 Å². The van der Waals surface area contributed by atoms with E-state index in [1.54, 1.807) is 13.4 Å². The number of nitrogens with one attached hydrogen (secondary N) is 1. The van der Waals surface area contributed by atoms with E-state index in [1.807, 2.05) is 12.1 Å². The molecule has 1 aliphatic rings. The Bertz CT molecular complexity index is 1740. The summed E-state index contributed by atoms with van der Waals surface area (Å²) >= 11 is 0. The number of hydrogen-bond donors (Lipinski definition) is 1. The molecule has 51 heavy (non-hydrogen) atoms. The number of methoxy groups -OCH3 is 1. The second kappa shape index (κ2) is 17.1. The molecule has 8 heteroatoms. The molecule has 266 valence electrons. The quantitative estimate of drug-likeness (QED) is 0.134. The van der Waals surface area contributed by atoms with Gasteiger partial charge in [-0.3, -0.25) is 4.90 Å². The van der Waals surface area contributed by atoms with Crippen molar-refractivity contribution in [1.29, 1.82) is 0 Å². The lowest BCUT2D eigenvalue weighted by atomic mass is 10.1. The van der Waals surface area contributed by atoms with Crippen LogP contribution in [0.15, 0.2) is 122 Å². The van der Waals surface area contributed by atoms with Gasteiger partial charge in [-0.15, -0.1) is 0 Å². The van der Waals surface area contributed by atoms with Crippen LogP contribution in [0.5, 0.6) is 5.75 Å². The van der Waals surface area contributed by atoms with Gasteiger partial charge in [0.15, 0.2) is 0 Å². The van der Waals surface area contributed by atoms with E-state index in [4.69, 9.17) is 19.1 Å². The summed E-state index contributed by atoms with van der Waals surface area (Å²) in [6, 6.07) is 40.8. The lowest BCUT2D eigenvalue weighted by Crippen LogP contribution is -2.67. The van der Waals surface area contributed by atoms with Gasteiger partial charge in [0, 0.05) is 39.3 Å². The Hall–Kier alpha value is -4.50. The summed E-state index contributed by atoms with van der Waals surface area (Å²) in [5, 5.41) is 6.24. The van der Waals surface area contributed by atoms with Crippen molar-refractivity contribution in [3.05, 3.63) is 138 Å². The van der Waals surface area contributed by atoms with Crippen molar-refractivity contribution < 1.29 is 9.16 Å². The third-order valence-electron chi connectivity index (χ3n) is 9.98. The van der Waals surface area contributed by atoms with Crippen molar-refractivity contribution in [2.75, 3.05) is 43.6 Å². The van der Waals surface area contributed by atoms with E-state index in [0.29, 0.717) is 13.2 Å². The molecule has 0 spiro atoms. The molecule has 1 aliphatic heterocycles. The highest BCUT2D eigenvalue weighted by Gasteiger charge is 2.50. The summed E-state index contributed by atoms with van der Waals surface area (Å²) in [7, 11) is -0.951. The Morgan fingerprint density at radius 3 is 1.98 bits per heavy atom. The summed E-state index contributed by atoms with van der Waals surface area (Å²) in [5.41, 5.74) is 3.58. The van der Waals surface area contributed by atoms with Gasteiger partial charge in [-0.05, 0) is 58.1 Å². The highest BCUT2D eigenvalue weighted by Crippen LogP contribution is 2.37. The van der Waals surface area contributed by atoms with Gasteiger partial charge in [0.25, 0.3) is 8.32 Å². The van der Waals surface area contributed by atoms with Crippen LogP contribution in [0, 0.1) is 0 Å². The zero-order valence-electron chi connectivity index (χ0n) is 30.7. The molecule has 0 fully saturated rings. The third-order valence-corrected chi connectivity index (χ3v) is 15.0. The van der Waals surface area contributed by atoms with E-state index in [-0.39, 0.29) is 5.04 Å². The van der Waals surface area contributed by atoms with Crippen molar-refractivity contribution in [3.8, 4) is 5.75 Å². The zero-order chi connectivity index (χ0) is 35.5. The maximum Gasteiger partial charge on any atom is 0.261 e. The Labute approximate surface area is 305 Å². The lowest BCUT2D eigenvalue weighted by Gasteiger charge is -2.43. The summed E-state index contributed by atoms with van der Waals surface area (Å²) in [5.74, 6) is 2.74. The van der Waals surface area contributed by atoms with Gasteiger partial charge in [0.1, 0.15) is 23.7 Å². The van der Waals surface area contributed by atoms with Crippen molar-refractivity contribution in [3.63, 3.8) is 0 Å². The first-order chi connectivity index (χ1) is 24.9. The van der Waals surface area contributed by atoms with Crippen LogP contribution in [-0.4, -0.2) is 56.5 Å². The van der Waals surface area contributed by atoms with Gasteiger partial charge in [-0.1, -0.05) is 130 Å². The third kappa shape index (κ3) is 8.87. The Morgan fingerprint density at radius 2 is 1.35 bits per heavy atom. The Kier molecular flexibility index (Phi) is 12.2. The van der Waals surface area contributed by atoms with Crippen molar-refractivity contribution in [2.24, 2.45) is 0 Å². The first-order valence-electron chi connectivity index (χ1n) is 18.3. The number of anilines is 2. The molecule has 0 saturated carbocycles. The molecule has 0 radical (unpaired) electrons. The summed E-state index contributed by atoms with van der Waals surface area (Å²) in [6.45, 7) is 12.6. The van der Waals surface area contributed by atoms with Gasteiger partial charge in [-0.2, -0.15) is 0 Å². The van der Waals surface area contributed by atoms with E-state index in [0.717, 1.165) is 68.5 Å². The monoisotopic (exact) mass is 699 g/mol. The SMILES string of the molecule is COc1ccc(CNc2ncnc3c2CN(CCO[Si](c2ccccc2)(c2ccccc2)C(C)(C)C)CCCCCN3Cc2ccccc2)cc1. The fourth-order valence-electron chi connectivity index (χ4n) is 7.36. The van der Waals surface area contributed by atoms with E-state index in [9.17, 15) is 0 Å². The second-order valence-corrected chi connectivity index (χ2v) is 18.8. The number of ether oxygens (including phenoxy) is 1. The number of fused-ring (bicyclic) bond motifs is 1. The molecule has 0 amide bonds. The predicted octanol–water partition coefficient (Wildman–Crippen LogP) is 7.67. The van der Waals surface area contributed by atoms with E-state index in [1.165, 1.54) is 27.9 Å². The van der Waals surface area contributed by atoms with Crippen LogP contribution in [0.2, 0.25) is 5.04 Å². The molecular weight excluding hydrogens is 647 g/mol. The van der Waals surface area contributed by atoms with E-state index in [2.05, 4.69) is 139 Å². The molecule has 4 aromatic carbocycles. The molecule has 0 aliphatic carbocycles. The Balaban J connectivity index is 1.30.